The number of hydrogen-bond donors (Lipinski definition) is 3. The van der Waals surface area contributed by atoms with Crippen LogP contribution in [0, 0.1) is 5.92 Å². The van der Waals surface area contributed by atoms with Gasteiger partial charge in [-0.05, 0) is 81.1 Å². The van der Waals surface area contributed by atoms with Crippen LogP contribution in [0.15, 0.2) is 21.8 Å². The third-order valence-electron chi connectivity index (χ3n) is 4.84. The number of piperidine rings is 1. The first-order valence-corrected chi connectivity index (χ1v) is 10.5. The second-order valence-corrected chi connectivity index (χ2v) is 7.93. The summed E-state index contributed by atoms with van der Waals surface area (Å²) < 4.78 is 0. The van der Waals surface area contributed by atoms with Crippen LogP contribution in [-0.4, -0.2) is 55.2 Å². The van der Waals surface area contributed by atoms with Gasteiger partial charge in [0, 0.05) is 13.1 Å². The molecule has 2 rings (SSSR count). The van der Waals surface area contributed by atoms with Crippen molar-refractivity contribution in [3.8, 4) is 0 Å². The average molecular weight is 367 g/mol. The van der Waals surface area contributed by atoms with Crippen molar-refractivity contribution in [3.63, 3.8) is 0 Å². The van der Waals surface area contributed by atoms with Crippen molar-refractivity contribution >= 4 is 17.3 Å². The molecule has 25 heavy (non-hydrogen) atoms. The smallest absolute Gasteiger partial charge is 0.191 e. The molecule has 1 fully saturated rings. The predicted molar refractivity (Wildman–Crippen MR) is 107 cm³/mol. The second kappa shape index (κ2) is 10.1. The standard InChI is InChI=1S/C19H34N4OS/c1-4-9-23-10-6-16(7-11-23)13-21-18(20-5-2)22-15-19(3,24)17-8-12-25-14-17/h8,12,14,16,24H,4-7,9-11,13,15H2,1-3H3,(H2,20,21,22). The number of likely N-dealkylation sites (tertiary alicyclic amines) is 1. The number of nitrogens with zero attached hydrogens (tertiary/aromatic N) is 2. The van der Waals surface area contributed by atoms with Gasteiger partial charge in [0.15, 0.2) is 5.96 Å². The van der Waals surface area contributed by atoms with Gasteiger partial charge in [0.25, 0.3) is 0 Å². The fourth-order valence-corrected chi connectivity index (χ4v) is 3.99. The molecule has 142 valence electrons. The fourth-order valence-electron chi connectivity index (χ4n) is 3.21. The minimum Gasteiger partial charge on any atom is -0.383 e. The summed E-state index contributed by atoms with van der Waals surface area (Å²) in [4.78, 5) is 7.17. The Balaban J connectivity index is 1.82. The Bertz CT molecular complexity index is 508. The van der Waals surface area contributed by atoms with Crippen molar-refractivity contribution < 1.29 is 5.11 Å². The SMILES string of the molecule is CCCN1CCC(CNC(=NCC(C)(O)c2ccsc2)NCC)CC1. The van der Waals surface area contributed by atoms with Gasteiger partial charge in [0.1, 0.15) is 5.60 Å². The molecule has 0 radical (unpaired) electrons. The van der Waals surface area contributed by atoms with Crippen LogP contribution in [0.25, 0.3) is 0 Å². The van der Waals surface area contributed by atoms with E-state index in [4.69, 9.17) is 0 Å². The van der Waals surface area contributed by atoms with Crippen molar-refractivity contribution in [2.24, 2.45) is 10.9 Å². The Morgan fingerprint density at radius 1 is 1.36 bits per heavy atom. The van der Waals surface area contributed by atoms with Crippen LogP contribution in [0.4, 0.5) is 0 Å². The van der Waals surface area contributed by atoms with E-state index < -0.39 is 5.60 Å². The zero-order valence-corrected chi connectivity index (χ0v) is 16.7. The quantitative estimate of drug-likeness (QED) is 0.489. The number of aliphatic imine (C=N–C) groups is 1. The molecule has 1 unspecified atom stereocenters. The lowest BCUT2D eigenvalue weighted by Crippen LogP contribution is -2.43. The molecule has 0 spiro atoms. The summed E-state index contributed by atoms with van der Waals surface area (Å²) in [6.45, 7) is 11.9. The molecule has 5 nitrogen and oxygen atoms in total. The molecule has 2 heterocycles. The minimum atomic E-state index is -0.923. The van der Waals surface area contributed by atoms with E-state index in [1.807, 2.05) is 23.8 Å². The van der Waals surface area contributed by atoms with Gasteiger partial charge in [0.05, 0.1) is 6.54 Å². The van der Waals surface area contributed by atoms with Gasteiger partial charge in [0.2, 0.25) is 0 Å². The maximum atomic E-state index is 10.6. The summed E-state index contributed by atoms with van der Waals surface area (Å²) in [5.41, 5.74) is 0.00815. The summed E-state index contributed by atoms with van der Waals surface area (Å²) >= 11 is 1.60. The number of thiophene rings is 1. The molecular formula is C19H34N4OS. The van der Waals surface area contributed by atoms with Crippen molar-refractivity contribution in [2.45, 2.75) is 45.6 Å². The molecule has 0 aliphatic carbocycles. The van der Waals surface area contributed by atoms with Crippen molar-refractivity contribution in [1.82, 2.24) is 15.5 Å². The third-order valence-corrected chi connectivity index (χ3v) is 5.52. The van der Waals surface area contributed by atoms with Gasteiger partial charge >= 0.3 is 0 Å². The fraction of sp³-hybridized carbons (Fsp3) is 0.737. The summed E-state index contributed by atoms with van der Waals surface area (Å²) in [5, 5.41) is 21.4. The molecule has 3 N–H and O–H groups in total. The van der Waals surface area contributed by atoms with Crippen LogP contribution in [0.5, 0.6) is 0 Å². The highest BCUT2D eigenvalue weighted by Crippen LogP contribution is 2.23. The maximum Gasteiger partial charge on any atom is 0.191 e. The summed E-state index contributed by atoms with van der Waals surface area (Å²) in [6.07, 6.45) is 3.74. The van der Waals surface area contributed by atoms with E-state index in [1.54, 1.807) is 11.3 Å². The Morgan fingerprint density at radius 2 is 2.12 bits per heavy atom. The number of aliphatic hydroxyl groups is 1. The monoisotopic (exact) mass is 366 g/mol. The van der Waals surface area contributed by atoms with E-state index in [2.05, 4.69) is 34.4 Å². The maximum absolute atomic E-state index is 10.6. The van der Waals surface area contributed by atoms with E-state index in [1.165, 1.54) is 38.9 Å². The van der Waals surface area contributed by atoms with Gasteiger partial charge in [-0.3, -0.25) is 0 Å². The van der Waals surface area contributed by atoms with Gasteiger partial charge in [-0.25, -0.2) is 4.99 Å². The Labute approximate surface area is 156 Å². The topological polar surface area (TPSA) is 59.9 Å². The molecule has 1 atom stereocenters. The lowest BCUT2D eigenvalue weighted by atomic mass is 9.97. The molecule has 1 aliphatic rings. The molecule has 1 saturated heterocycles. The van der Waals surface area contributed by atoms with E-state index in [9.17, 15) is 5.11 Å². The van der Waals surface area contributed by atoms with Crippen LogP contribution in [0.1, 0.15) is 45.6 Å². The first-order chi connectivity index (χ1) is 12.0. The number of nitrogens with one attached hydrogen (secondary N) is 2. The highest BCUT2D eigenvalue weighted by Gasteiger charge is 2.23. The van der Waals surface area contributed by atoms with Crippen LogP contribution >= 0.6 is 11.3 Å². The van der Waals surface area contributed by atoms with Crippen LogP contribution in [-0.2, 0) is 5.60 Å². The molecule has 1 aromatic rings. The Morgan fingerprint density at radius 3 is 2.72 bits per heavy atom. The number of guanidine groups is 1. The lowest BCUT2D eigenvalue weighted by molar-refractivity contribution is 0.0677. The van der Waals surface area contributed by atoms with Gasteiger partial charge in [-0.2, -0.15) is 11.3 Å². The third kappa shape index (κ3) is 6.60. The van der Waals surface area contributed by atoms with E-state index in [-0.39, 0.29) is 0 Å². The Hall–Kier alpha value is -1.11. The van der Waals surface area contributed by atoms with Gasteiger partial charge in [-0.15, -0.1) is 0 Å². The van der Waals surface area contributed by atoms with Crippen LogP contribution in [0.3, 0.4) is 0 Å². The largest absolute Gasteiger partial charge is 0.383 e. The minimum absolute atomic E-state index is 0.355. The van der Waals surface area contributed by atoms with Crippen LogP contribution in [0.2, 0.25) is 0 Å². The summed E-state index contributed by atoms with van der Waals surface area (Å²) in [5.74, 6) is 1.50. The van der Waals surface area contributed by atoms with Crippen LogP contribution < -0.4 is 10.6 Å². The first-order valence-electron chi connectivity index (χ1n) is 9.54. The molecule has 0 amide bonds. The van der Waals surface area contributed by atoms with Crippen molar-refractivity contribution in [3.05, 3.63) is 22.4 Å². The first kappa shape index (κ1) is 20.2. The zero-order chi connectivity index (χ0) is 18.1. The zero-order valence-electron chi connectivity index (χ0n) is 15.9. The van der Waals surface area contributed by atoms with E-state index >= 15 is 0 Å². The Kier molecular flexibility index (Phi) is 8.19. The van der Waals surface area contributed by atoms with Gasteiger partial charge in [-0.1, -0.05) is 6.92 Å². The summed E-state index contributed by atoms with van der Waals surface area (Å²) in [6, 6.07) is 1.96. The molecule has 6 heteroatoms. The molecule has 0 saturated carbocycles. The average Bonchev–Trinajstić information content (AvgIpc) is 3.14. The summed E-state index contributed by atoms with van der Waals surface area (Å²) in [7, 11) is 0. The van der Waals surface area contributed by atoms with Gasteiger partial charge < -0.3 is 20.6 Å². The second-order valence-electron chi connectivity index (χ2n) is 7.15. The van der Waals surface area contributed by atoms with E-state index in [0.717, 1.165) is 24.6 Å². The molecule has 0 bridgehead atoms. The number of rotatable bonds is 8. The lowest BCUT2D eigenvalue weighted by Gasteiger charge is -2.32. The molecule has 0 aromatic carbocycles. The van der Waals surface area contributed by atoms with E-state index in [0.29, 0.717) is 12.5 Å². The normalized spacial score (nSPS) is 19.6. The predicted octanol–water partition coefficient (Wildman–Crippen LogP) is 2.63. The highest BCUT2D eigenvalue weighted by molar-refractivity contribution is 7.08. The highest BCUT2D eigenvalue weighted by atomic mass is 32.1. The van der Waals surface area contributed by atoms with Crippen molar-refractivity contribution in [2.75, 3.05) is 39.3 Å². The van der Waals surface area contributed by atoms with Crippen molar-refractivity contribution in [1.29, 1.82) is 0 Å². The molecular weight excluding hydrogens is 332 g/mol. The molecule has 1 aliphatic heterocycles. The number of hydrogen-bond acceptors (Lipinski definition) is 4. The molecule has 1 aromatic heterocycles.